The molecule has 3 heteroatoms. The summed E-state index contributed by atoms with van der Waals surface area (Å²) in [6, 6.07) is 0. The molecule has 0 amide bonds. The zero-order chi connectivity index (χ0) is 9.47. The molecule has 1 aromatic rings. The maximum Gasteiger partial charge on any atom is 0.0901 e. The van der Waals surface area contributed by atoms with Gasteiger partial charge in [0.25, 0.3) is 0 Å². The molecule has 2 nitrogen and oxygen atoms in total. The fourth-order valence-corrected chi connectivity index (χ4v) is 2.58. The van der Waals surface area contributed by atoms with Crippen LogP contribution in [0.2, 0.25) is 0 Å². The largest absolute Gasteiger partial charge is 0.375 e. The Kier molecular flexibility index (Phi) is 2.16. The fraction of sp³-hybridized carbons (Fsp3) is 0.700. The van der Waals surface area contributed by atoms with Crippen molar-refractivity contribution in [3.8, 4) is 0 Å². The van der Waals surface area contributed by atoms with Gasteiger partial charge in [0.05, 0.1) is 28.8 Å². The van der Waals surface area contributed by atoms with Crippen LogP contribution in [0.15, 0.2) is 0 Å². The van der Waals surface area contributed by atoms with Gasteiger partial charge in [-0.1, -0.05) is 13.8 Å². The lowest BCUT2D eigenvalue weighted by atomic mass is 9.89. The molecule has 2 rings (SSSR count). The van der Waals surface area contributed by atoms with Gasteiger partial charge in [-0.05, 0) is 18.8 Å². The van der Waals surface area contributed by atoms with Crippen LogP contribution in [0.3, 0.4) is 0 Å². The van der Waals surface area contributed by atoms with E-state index in [0.717, 1.165) is 24.6 Å². The highest BCUT2D eigenvalue weighted by atomic mass is 32.1. The first-order valence-corrected chi connectivity index (χ1v) is 5.41. The van der Waals surface area contributed by atoms with Gasteiger partial charge in [-0.3, -0.25) is 0 Å². The third-order valence-corrected chi connectivity index (χ3v) is 3.24. The lowest BCUT2D eigenvalue weighted by Gasteiger charge is -2.20. The molecule has 1 aliphatic rings. The topological polar surface area (TPSA) is 22.1 Å². The van der Waals surface area contributed by atoms with Gasteiger partial charge in [-0.25, -0.2) is 4.98 Å². The molecule has 0 saturated carbocycles. The monoisotopic (exact) mass is 197 g/mol. The van der Waals surface area contributed by atoms with Gasteiger partial charge in [0.1, 0.15) is 0 Å². The highest BCUT2D eigenvalue weighted by Gasteiger charge is 2.26. The second-order valence-electron chi connectivity index (χ2n) is 4.44. The predicted molar refractivity (Wildman–Crippen MR) is 54.0 cm³/mol. The Morgan fingerprint density at radius 3 is 3.00 bits per heavy atom. The van der Waals surface area contributed by atoms with E-state index in [1.165, 1.54) is 10.6 Å². The Labute approximate surface area is 83.0 Å². The number of rotatable bonds is 0. The van der Waals surface area contributed by atoms with E-state index < -0.39 is 0 Å². The molecule has 2 heterocycles. The Balaban J connectivity index is 2.33. The third kappa shape index (κ3) is 1.92. The molecule has 0 aliphatic carbocycles. The van der Waals surface area contributed by atoms with Crippen LogP contribution in [0.1, 0.15) is 29.4 Å². The SMILES string of the molecule is Cc1nc2c(s1)COCC(C)(C)C2. The molecule has 0 bridgehead atoms. The third-order valence-electron chi connectivity index (χ3n) is 2.26. The second-order valence-corrected chi connectivity index (χ2v) is 5.72. The van der Waals surface area contributed by atoms with Crippen molar-refractivity contribution >= 4 is 11.3 Å². The van der Waals surface area contributed by atoms with E-state index in [-0.39, 0.29) is 5.41 Å². The van der Waals surface area contributed by atoms with Crippen LogP contribution in [-0.2, 0) is 17.8 Å². The van der Waals surface area contributed by atoms with Crippen molar-refractivity contribution in [3.63, 3.8) is 0 Å². The van der Waals surface area contributed by atoms with Crippen molar-refractivity contribution in [1.29, 1.82) is 0 Å². The average molecular weight is 197 g/mol. The first-order valence-electron chi connectivity index (χ1n) is 4.60. The molecule has 0 spiro atoms. The number of thiazole rings is 1. The smallest absolute Gasteiger partial charge is 0.0901 e. The first-order chi connectivity index (χ1) is 6.07. The molecule has 0 saturated heterocycles. The van der Waals surface area contributed by atoms with Crippen LogP contribution in [-0.4, -0.2) is 11.6 Å². The number of nitrogens with zero attached hydrogens (tertiary/aromatic N) is 1. The van der Waals surface area contributed by atoms with E-state index in [9.17, 15) is 0 Å². The highest BCUT2D eigenvalue weighted by molar-refractivity contribution is 7.11. The molecular formula is C10H15NOS. The van der Waals surface area contributed by atoms with Crippen molar-refractivity contribution in [2.45, 2.75) is 33.8 Å². The molecule has 0 atom stereocenters. The zero-order valence-corrected chi connectivity index (χ0v) is 9.20. The molecule has 72 valence electrons. The number of hydrogen-bond acceptors (Lipinski definition) is 3. The van der Waals surface area contributed by atoms with Gasteiger partial charge < -0.3 is 4.74 Å². The second kappa shape index (κ2) is 3.07. The number of hydrogen-bond donors (Lipinski definition) is 0. The maximum atomic E-state index is 5.62. The molecule has 13 heavy (non-hydrogen) atoms. The number of aryl methyl sites for hydroxylation is 1. The normalized spacial score (nSPS) is 20.8. The van der Waals surface area contributed by atoms with Gasteiger partial charge in [0, 0.05) is 0 Å². The Morgan fingerprint density at radius 2 is 2.23 bits per heavy atom. The van der Waals surface area contributed by atoms with Crippen LogP contribution in [0.4, 0.5) is 0 Å². The van der Waals surface area contributed by atoms with E-state index in [2.05, 4.69) is 25.8 Å². The van der Waals surface area contributed by atoms with Crippen molar-refractivity contribution in [2.24, 2.45) is 5.41 Å². The molecule has 0 aromatic carbocycles. The lowest BCUT2D eigenvalue weighted by molar-refractivity contribution is 0.0617. The first kappa shape index (κ1) is 9.16. The minimum absolute atomic E-state index is 0.242. The molecule has 0 fully saturated rings. The van der Waals surface area contributed by atoms with Crippen molar-refractivity contribution in [3.05, 3.63) is 15.6 Å². The minimum Gasteiger partial charge on any atom is -0.375 e. The Hall–Kier alpha value is -0.410. The molecule has 0 N–H and O–H groups in total. The number of ether oxygens (including phenoxy) is 1. The summed E-state index contributed by atoms with van der Waals surface area (Å²) in [5.74, 6) is 0. The number of fused-ring (bicyclic) bond motifs is 1. The van der Waals surface area contributed by atoms with Gasteiger partial charge in [-0.15, -0.1) is 11.3 Å². The standard InChI is InChI=1S/C10H15NOS/c1-7-11-8-4-10(2,3)6-12-5-9(8)13-7/h4-6H2,1-3H3. The van der Waals surface area contributed by atoms with E-state index >= 15 is 0 Å². The summed E-state index contributed by atoms with van der Waals surface area (Å²) in [4.78, 5) is 5.87. The van der Waals surface area contributed by atoms with Crippen LogP contribution < -0.4 is 0 Å². The molecule has 0 unspecified atom stereocenters. The molecule has 1 aliphatic heterocycles. The molecule has 1 aromatic heterocycles. The van der Waals surface area contributed by atoms with Gasteiger partial charge >= 0.3 is 0 Å². The highest BCUT2D eigenvalue weighted by Crippen LogP contribution is 2.30. The summed E-state index contributed by atoms with van der Waals surface area (Å²) in [6.45, 7) is 8.12. The number of aromatic nitrogens is 1. The van der Waals surface area contributed by atoms with Crippen LogP contribution in [0, 0.1) is 12.3 Å². The maximum absolute atomic E-state index is 5.62. The summed E-state index contributed by atoms with van der Waals surface area (Å²) >= 11 is 1.77. The van der Waals surface area contributed by atoms with Crippen molar-refractivity contribution in [2.75, 3.05) is 6.61 Å². The molecule has 0 radical (unpaired) electrons. The van der Waals surface area contributed by atoms with Gasteiger partial charge in [0.15, 0.2) is 0 Å². The summed E-state index contributed by atoms with van der Waals surface area (Å²) in [7, 11) is 0. The summed E-state index contributed by atoms with van der Waals surface area (Å²) in [5, 5.41) is 1.16. The quantitative estimate of drug-likeness (QED) is 0.637. The summed E-state index contributed by atoms with van der Waals surface area (Å²) in [5.41, 5.74) is 1.50. The van der Waals surface area contributed by atoms with E-state index in [0.29, 0.717) is 0 Å². The summed E-state index contributed by atoms with van der Waals surface area (Å²) in [6.07, 6.45) is 1.05. The van der Waals surface area contributed by atoms with Gasteiger partial charge in [-0.2, -0.15) is 0 Å². The van der Waals surface area contributed by atoms with Crippen molar-refractivity contribution < 1.29 is 4.74 Å². The Morgan fingerprint density at radius 1 is 1.46 bits per heavy atom. The fourth-order valence-electron chi connectivity index (χ4n) is 1.69. The van der Waals surface area contributed by atoms with Crippen LogP contribution >= 0.6 is 11.3 Å². The average Bonchev–Trinajstić information content (AvgIpc) is 2.23. The zero-order valence-electron chi connectivity index (χ0n) is 8.39. The Bertz CT molecular complexity index is 317. The van der Waals surface area contributed by atoms with Crippen LogP contribution in [0.25, 0.3) is 0 Å². The van der Waals surface area contributed by atoms with E-state index in [1.54, 1.807) is 11.3 Å². The van der Waals surface area contributed by atoms with Crippen molar-refractivity contribution in [1.82, 2.24) is 4.98 Å². The van der Waals surface area contributed by atoms with Crippen LogP contribution in [0.5, 0.6) is 0 Å². The van der Waals surface area contributed by atoms with E-state index in [4.69, 9.17) is 4.74 Å². The minimum atomic E-state index is 0.242. The molecular weight excluding hydrogens is 182 g/mol. The lowest BCUT2D eigenvalue weighted by Crippen LogP contribution is -2.19. The predicted octanol–water partition coefficient (Wildman–Crippen LogP) is 2.55. The summed E-state index contributed by atoms with van der Waals surface area (Å²) < 4.78 is 5.62. The van der Waals surface area contributed by atoms with Gasteiger partial charge in [0.2, 0.25) is 0 Å². The van der Waals surface area contributed by atoms with E-state index in [1.807, 2.05) is 0 Å².